The minimum Gasteiger partial charge on any atom is -0.352 e. The van der Waals surface area contributed by atoms with Gasteiger partial charge in [0.05, 0.1) is 5.75 Å². The summed E-state index contributed by atoms with van der Waals surface area (Å²) < 4.78 is 0. The summed E-state index contributed by atoms with van der Waals surface area (Å²) in [5.74, 6) is 1.11. The molecule has 0 bridgehead atoms. The topological polar surface area (TPSA) is 49.4 Å². The van der Waals surface area contributed by atoms with Crippen molar-refractivity contribution in [3.63, 3.8) is 0 Å². The molecule has 1 saturated carbocycles. The summed E-state index contributed by atoms with van der Waals surface area (Å²) in [6.45, 7) is 4.34. The first-order valence-corrected chi connectivity index (χ1v) is 12.0. The quantitative estimate of drug-likeness (QED) is 0.634. The summed E-state index contributed by atoms with van der Waals surface area (Å²) in [5.41, 5.74) is 3.41. The molecule has 1 fully saturated rings. The second-order valence-electron chi connectivity index (χ2n) is 8.16. The van der Waals surface area contributed by atoms with Crippen molar-refractivity contribution < 1.29 is 9.59 Å². The second kappa shape index (κ2) is 11.2. The fourth-order valence-corrected chi connectivity index (χ4v) is 4.77. The molecule has 1 aliphatic carbocycles. The molecule has 0 radical (unpaired) electrons. The van der Waals surface area contributed by atoms with Crippen molar-refractivity contribution in [1.29, 1.82) is 0 Å². The number of nitrogens with one attached hydrogen (secondary N) is 1. The van der Waals surface area contributed by atoms with E-state index in [1.54, 1.807) is 16.7 Å². The van der Waals surface area contributed by atoms with Gasteiger partial charge in [0.2, 0.25) is 11.8 Å². The minimum atomic E-state index is -0.490. The van der Waals surface area contributed by atoms with E-state index < -0.39 is 6.04 Å². The Bertz CT molecular complexity index is 834. The van der Waals surface area contributed by atoms with Gasteiger partial charge in [-0.05, 0) is 37.8 Å². The van der Waals surface area contributed by atoms with Gasteiger partial charge in [0.25, 0.3) is 0 Å². The molecule has 5 heteroatoms. The maximum absolute atomic E-state index is 13.1. The number of amides is 2. The molecule has 0 saturated heterocycles. The summed E-state index contributed by atoms with van der Waals surface area (Å²) in [6.07, 6.45) is 4.41. The maximum atomic E-state index is 13.1. The van der Waals surface area contributed by atoms with Crippen molar-refractivity contribution in [2.45, 2.75) is 63.9 Å². The Hall–Kier alpha value is -2.27. The molecular formula is C25H32N2O2S. The van der Waals surface area contributed by atoms with Gasteiger partial charge in [-0.25, -0.2) is 0 Å². The van der Waals surface area contributed by atoms with Crippen molar-refractivity contribution in [1.82, 2.24) is 10.2 Å². The van der Waals surface area contributed by atoms with Gasteiger partial charge in [0.1, 0.15) is 6.04 Å². The lowest BCUT2D eigenvalue weighted by Crippen LogP contribution is -2.50. The summed E-state index contributed by atoms with van der Waals surface area (Å²) in [4.78, 5) is 27.7. The Morgan fingerprint density at radius 1 is 1.07 bits per heavy atom. The monoisotopic (exact) mass is 424 g/mol. The number of nitrogens with zero attached hydrogens (tertiary/aromatic N) is 1. The number of carbonyl (C=O) groups is 2. The molecule has 4 nitrogen and oxygen atoms in total. The molecule has 3 rings (SSSR count). The standard InChI is InChI=1S/C25H32N2O2S/c1-19-9-8-12-22(15-19)16-27(20(2)25(29)26-23-13-6-7-14-23)24(28)18-30-17-21-10-4-3-5-11-21/h3-5,8-12,15,20,23H,6-7,13-14,16-18H2,1-2H3,(H,26,29)/t20-/m0/s1. The van der Waals surface area contributed by atoms with E-state index in [1.807, 2.05) is 50.2 Å². The molecule has 160 valence electrons. The molecule has 2 amide bonds. The third-order valence-corrected chi connectivity index (χ3v) is 6.63. The van der Waals surface area contributed by atoms with E-state index in [2.05, 4.69) is 23.5 Å². The Balaban J connectivity index is 1.65. The molecule has 0 unspecified atom stereocenters. The summed E-state index contributed by atoms with van der Waals surface area (Å²) in [5, 5.41) is 3.15. The number of hydrogen-bond acceptors (Lipinski definition) is 3. The van der Waals surface area contributed by atoms with Crippen molar-refractivity contribution in [3.05, 3.63) is 71.3 Å². The van der Waals surface area contributed by atoms with Crippen LogP contribution in [0.15, 0.2) is 54.6 Å². The van der Waals surface area contributed by atoms with Crippen molar-refractivity contribution >= 4 is 23.6 Å². The Kier molecular flexibility index (Phi) is 8.38. The van der Waals surface area contributed by atoms with Crippen LogP contribution in [-0.2, 0) is 21.9 Å². The van der Waals surface area contributed by atoms with E-state index in [4.69, 9.17) is 0 Å². The fraction of sp³-hybridized carbons (Fsp3) is 0.440. The first kappa shape index (κ1) is 22.4. The first-order valence-electron chi connectivity index (χ1n) is 10.8. The second-order valence-corrected chi connectivity index (χ2v) is 9.14. The van der Waals surface area contributed by atoms with Gasteiger partial charge in [-0.1, -0.05) is 73.0 Å². The predicted molar refractivity (Wildman–Crippen MR) is 124 cm³/mol. The third-order valence-electron chi connectivity index (χ3n) is 5.64. The smallest absolute Gasteiger partial charge is 0.242 e. The molecule has 2 aromatic rings. The van der Waals surface area contributed by atoms with E-state index in [-0.39, 0.29) is 17.9 Å². The largest absolute Gasteiger partial charge is 0.352 e. The Morgan fingerprint density at radius 3 is 2.47 bits per heavy atom. The normalized spacial score (nSPS) is 15.0. The highest BCUT2D eigenvalue weighted by molar-refractivity contribution is 7.99. The Morgan fingerprint density at radius 2 is 1.77 bits per heavy atom. The molecule has 1 atom stereocenters. The van der Waals surface area contributed by atoms with E-state index in [0.29, 0.717) is 12.3 Å². The van der Waals surface area contributed by atoms with Gasteiger partial charge in [-0.15, -0.1) is 11.8 Å². The molecule has 0 aromatic heterocycles. The summed E-state index contributed by atoms with van der Waals surface area (Å²) in [7, 11) is 0. The van der Waals surface area contributed by atoms with Crippen molar-refractivity contribution in [3.8, 4) is 0 Å². The van der Waals surface area contributed by atoms with E-state index in [0.717, 1.165) is 29.7 Å². The lowest BCUT2D eigenvalue weighted by Gasteiger charge is -2.30. The molecule has 2 aromatic carbocycles. The average Bonchev–Trinajstić information content (AvgIpc) is 3.25. The zero-order valence-electron chi connectivity index (χ0n) is 18.0. The number of thioether (sulfide) groups is 1. The van der Waals surface area contributed by atoms with Gasteiger partial charge in [0.15, 0.2) is 0 Å². The van der Waals surface area contributed by atoms with E-state index in [1.165, 1.54) is 18.4 Å². The van der Waals surface area contributed by atoms with E-state index in [9.17, 15) is 9.59 Å². The number of rotatable bonds is 9. The van der Waals surface area contributed by atoms with Gasteiger partial charge in [0, 0.05) is 18.3 Å². The van der Waals surface area contributed by atoms with Crippen LogP contribution in [0.3, 0.4) is 0 Å². The zero-order valence-corrected chi connectivity index (χ0v) is 18.8. The van der Waals surface area contributed by atoms with Crippen LogP contribution in [0.2, 0.25) is 0 Å². The maximum Gasteiger partial charge on any atom is 0.242 e. The molecule has 0 spiro atoms. The third kappa shape index (κ3) is 6.63. The molecule has 0 aliphatic heterocycles. The first-order chi connectivity index (χ1) is 14.5. The Labute approximate surface area is 184 Å². The summed E-state index contributed by atoms with van der Waals surface area (Å²) in [6, 6.07) is 18.1. The van der Waals surface area contributed by atoms with Crippen molar-refractivity contribution in [2.24, 2.45) is 0 Å². The van der Waals surface area contributed by atoms with Gasteiger partial charge in [-0.2, -0.15) is 0 Å². The number of carbonyl (C=O) groups excluding carboxylic acids is 2. The van der Waals surface area contributed by atoms with Gasteiger partial charge < -0.3 is 10.2 Å². The van der Waals surface area contributed by atoms with Crippen LogP contribution in [-0.4, -0.2) is 34.6 Å². The molecular weight excluding hydrogens is 392 g/mol. The van der Waals surface area contributed by atoms with E-state index >= 15 is 0 Å². The SMILES string of the molecule is Cc1cccc(CN(C(=O)CSCc2ccccc2)[C@@H](C)C(=O)NC2CCCC2)c1. The fourth-order valence-electron chi connectivity index (χ4n) is 3.90. The zero-order chi connectivity index (χ0) is 21.3. The van der Waals surface area contributed by atoms with Gasteiger partial charge >= 0.3 is 0 Å². The number of benzene rings is 2. The van der Waals surface area contributed by atoms with Crippen molar-refractivity contribution in [2.75, 3.05) is 5.75 Å². The molecule has 1 N–H and O–H groups in total. The van der Waals surface area contributed by atoms with Crippen LogP contribution < -0.4 is 5.32 Å². The highest BCUT2D eigenvalue weighted by atomic mass is 32.2. The van der Waals surface area contributed by atoms with Crippen LogP contribution in [0.25, 0.3) is 0 Å². The summed E-state index contributed by atoms with van der Waals surface area (Å²) >= 11 is 1.60. The van der Waals surface area contributed by atoms with Crippen LogP contribution in [0.4, 0.5) is 0 Å². The highest BCUT2D eigenvalue weighted by Crippen LogP contribution is 2.19. The van der Waals surface area contributed by atoms with Gasteiger partial charge in [-0.3, -0.25) is 9.59 Å². The van der Waals surface area contributed by atoms with Crippen LogP contribution >= 0.6 is 11.8 Å². The molecule has 0 heterocycles. The van der Waals surface area contributed by atoms with Crippen LogP contribution in [0.1, 0.15) is 49.3 Å². The molecule has 30 heavy (non-hydrogen) atoms. The van der Waals surface area contributed by atoms with Crippen LogP contribution in [0, 0.1) is 6.92 Å². The number of aryl methyl sites for hydroxylation is 1. The minimum absolute atomic E-state index is 0.00603. The van der Waals surface area contributed by atoms with Crippen LogP contribution in [0.5, 0.6) is 0 Å². The average molecular weight is 425 g/mol. The molecule has 1 aliphatic rings. The highest BCUT2D eigenvalue weighted by Gasteiger charge is 2.28. The lowest BCUT2D eigenvalue weighted by atomic mass is 10.1. The number of hydrogen-bond donors (Lipinski definition) is 1. The predicted octanol–water partition coefficient (Wildman–Crippen LogP) is 4.70. The lowest BCUT2D eigenvalue weighted by molar-refractivity contribution is -0.138.